The Morgan fingerprint density at radius 1 is 0.846 bits per heavy atom. The molecule has 1 heterocycles. The summed E-state index contributed by atoms with van der Waals surface area (Å²) >= 11 is 0. The molecule has 0 amide bonds. The van der Waals surface area contributed by atoms with Crippen LogP contribution in [0.1, 0.15) is 0 Å². The molecule has 0 aliphatic carbocycles. The minimum atomic E-state index is -4.78. The second-order valence-electron chi connectivity index (χ2n) is 3.13. The molecule has 0 fully saturated rings. The number of halogens is 4. The Morgan fingerprint density at radius 2 is 1.23 bits per heavy atom. The summed E-state index contributed by atoms with van der Waals surface area (Å²) in [5.74, 6) is 0. The fourth-order valence-electron chi connectivity index (χ4n) is 1.59. The normalized spacial score (nSPS) is 22.8. The van der Waals surface area contributed by atoms with E-state index < -0.39 is 23.2 Å². The van der Waals surface area contributed by atoms with Gasteiger partial charge in [-0.1, -0.05) is 24.3 Å². The van der Waals surface area contributed by atoms with Gasteiger partial charge in [0.2, 0.25) is 0 Å². The van der Waals surface area contributed by atoms with E-state index in [1.165, 1.54) is 12.1 Å². The van der Waals surface area contributed by atoms with Crippen LogP contribution in [0.2, 0.25) is 5.67 Å². The molecule has 0 nitrogen and oxygen atoms in total. The van der Waals surface area contributed by atoms with Crippen molar-refractivity contribution in [3.8, 4) is 0 Å². The molecule has 1 aliphatic rings. The Kier molecular flexibility index (Phi) is 1.68. The van der Waals surface area contributed by atoms with E-state index in [4.69, 9.17) is 0 Å². The van der Waals surface area contributed by atoms with Gasteiger partial charge >= 0.3 is 17.5 Å². The number of hydrogen-bond acceptors (Lipinski definition) is 0. The average molecular weight is 222 g/mol. The molecule has 0 aromatic heterocycles. The maximum Gasteiger partial charge on any atom is 0.458 e. The molecule has 70 valence electrons. The number of benzene rings is 1. The average Bonchev–Trinajstić information content (AvgIpc) is 2.20. The van der Waals surface area contributed by atoms with Crippen LogP contribution in [0, 0.1) is 0 Å². The van der Waals surface area contributed by atoms with Crippen LogP contribution in [0.25, 0.3) is 0 Å². The van der Waals surface area contributed by atoms with Crippen LogP contribution in [0.15, 0.2) is 24.3 Å². The van der Waals surface area contributed by atoms with Gasteiger partial charge in [0, 0.05) is 10.4 Å². The van der Waals surface area contributed by atoms with E-state index in [9.17, 15) is 16.4 Å². The predicted molar refractivity (Wildman–Crippen MR) is 46.5 cm³/mol. The van der Waals surface area contributed by atoms with Gasteiger partial charge in [0.15, 0.2) is 0 Å². The third-order valence-corrected chi connectivity index (χ3v) is 8.41. The maximum atomic E-state index is 13.1. The van der Waals surface area contributed by atoms with Gasteiger partial charge in [-0.2, -0.15) is 0 Å². The smallest absolute Gasteiger partial charge is 0.265 e. The molecule has 0 N–H and O–H groups in total. The van der Waals surface area contributed by atoms with Gasteiger partial charge in [0.1, 0.15) is 0 Å². The van der Waals surface area contributed by atoms with Gasteiger partial charge in [0.25, 0.3) is 0 Å². The SMILES string of the molecule is F[Si]1(F)C[Si](F)(F)c2ccccc21. The summed E-state index contributed by atoms with van der Waals surface area (Å²) in [6.07, 6.45) is 0. The second-order valence-corrected chi connectivity index (χ2v) is 8.44. The van der Waals surface area contributed by atoms with Crippen LogP contribution in [-0.4, -0.2) is 17.5 Å². The molecule has 0 unspecified atom stereocenters. The van der Waals surface area contributed by atoms with E-state index in [0.29, 0.717) is 0 Å². The lowest BCUT2D eigenvalue weighted by atomic mass is 10.4. The van der Waals surface area contributed by atoms with Crippen molar-refractivity contribution in [2.24, 2.45) is 0 Å². The molecule has 0 spiro atoms. The van der Waals surface area contributed by atoms with E-state index in [-0.39, 0.29) is 10.4 Å². The van der Waals surface area contributed by atoms with Crippen LogP contribution in [-0.2, 0) is 0 Å². The van der Waals surface area contributed by atoms with Crippen LogP contribution in [0.4, 0.5) is 16.4 Å². The van der Waals surface area contributed by atoms with Crippen molar-refractivity contribution in [1.29, 1.82) is 0 Å². The molecule has 1 aromatic rings. The van der Waals surface area contributed by atoms with Crippen LogP contribution in [0.5, 0.6) is 0 Å². The molecule has 0 radical (unpaired) electrons. The van der Waals surface area contributed by atoms with E-state index in [2.05, 4.69) is 0 Å². The molecule has 0 saturated carbocycles. The first-order valence-corrected chi connectivity index (χ1v) is 7.72. The van der Waals surface area contributed by atoms with E-state index in [1.54, 1.807) is 0 Å². The first-order valence-electron chi connectivity index (χ1n) is 3.79. The minimum absolute atomic E-state index is 0.341. The lowest BCUT2D eigenvalue weighted by Gasteiger charge is -2.03. The summed E-state index contributed by atoms with van der Waals surface area (Å²) in [7, 11) is -9.57. The van der Waals surface area contributed by atoms with E-state index in [0.717, 1.165) is 12.1 Å². The summed E-state index contributed by atoms with van der Waals surface area (Å²) in [5, 5.41) is -0.682. The lowest BCUT2D eigenvalue weighted by Crippen LogP contribution is -2.41. The molecule has 1 aromatic carbocycles. The largest absolute Gasteiger partial charge is 0.458 e. The Balaban J connectivity index is 2.64. The van der Waals surface area contributed by atoms with Crippen LogP contribution >= 0.6 is 0 Å². The number of fused-ring (bicyclic) bond motifs is 1. The third-order valence-electron chi connectivity index (χ3n) is 2.16. The highest BCUT2D eigenvalue weighted by molar-refractivity contribution is 7.05. The summed E-state index contributed by atoms with van der Waals surface area (Å²) in [5.41, 5.74) is -1.13. The van der Waals surface area contributed by atoms with Gasteiger partial charge < -0.3 is 0 Å². The lowest BCUT2D eigenvalue weighted by molar-refractivity contribution is 0.604. The van der Waals surface area contributed by atoms with Crippen LogP contribution in [0.3, 0.4) is 0 Å². The highest BCUT2D eigenvalue weighted by Crippen LogP contribution is 2.29. The van der Waals surface area contributed by atoms with E-state index >= 15 is 0 Å². The van der Waals surface area contributed by atoms with Crippen LogP contribution < -0.4 is 10.4 Å². The zero-order chi connectivity index (χ0) is 9.69. The minimum Gasteiger partial charge on any atom is -0.265 e. The summed E-state index contributed by atoms with van der Waals surface area (Å²) < 4.78 is 52.5. The molecule has 0 saturated heterocycles. The van der Waals surface area contributed by atoms with Crippen molar-refractivity contribution < 1.29 is 16.4 Å². The fourth-order valence-corrected chi connectivity index (χ4v) is 8.08. The summed E-state index contributed by atoms with van der Waals surface area (Å²) in [6, 6.07) is 5.09. The number of rotatable bonds is 0. The zero-order valence-corrected chi connectivity index (χ0v) is 8.53. The Labute approximate surface area is 74.9 Å². The van der Waals surface area contributed by atoms with Crippen molar-refractivity contribution in [3.05, 3.63) is 24.3 Å². The number of hydrogen-bond donors (Lipinski definition) is 0. The Hall–Kier alpha value is -0.626. The Bertz CT molecular complexity index is 317. The molecular formula is C7H6F4Si2. The topological polar surface area (TPSA) is 0 Å². The van der Waals surface area contributed by atoms with E-state index in [1.807, 2.05) is 0 Å². The van der Waals surface area contributed by atoms with Gasteiger partial charge in [-0.25, -0.2) is 0 Å². The second kappa shape index (κ2) is 2.45. The molecule has 0 bridgehead atoms. The fraction of sp³-hybridized carbons (Fsp3) is 0.143. The monoisotopic (exact) mass is 222 g/mol. The third kappa shape index (κ3) is 1.24. The molecule has 6 heteroatoms. The van der Waals surface area contributed by atoms with Gasteiger partial charge in [-0.15, -0.1) is 0 Å². The highest BCUT2D eigenvalue weighted by Gasteiger charge is 2.61. The maximum absolute atomic E-state index is 13.1. The van der Waals surface area contributed by atoms with Gasteiger partial charge in [-0.3, -0.25) is 16.4 Å². The first-order chi connectivity index (χ1) is 5.93. The van der Waals surface area contributed by atoms with Crippen molar-refractivity contribution in [1.82, 2.24) is 0 Å². The van der Waals surface area contributed by atoms with Crippen molar-refractivity contribution in [2.45, 2.75) is 5.67 Å². The first kappa shape index (κ1) is 8.95. The zero-order valence-electron chi connectivity index (χ0n) is 6.53. The molecule has 2 rings (SSSR count). The van der Waals surface area contributed by atoms with Crippen molar-refractivity contribution in [2.75, 3.05) is 0 Å². The summed E-state index contributed by atoms with van der Waals surface area (Å²) in [4.78, 5) is 0. The van der Waals surface area contributed by atoms with Crippen molar-refractivity contribution >= 4 is 27.9 Å². The Morgan fingerprint density at radius 3 is 1.62 bits per heavy atom. The molecule has 1 aliphatic heterocycles. The van der Waals surface area contributed by atoms with Gasteiger partial charge in [0.05, 0.1) is 5.67 Å². The molecule has 13 heavy (non-hydrogen) atoms. The quantitative estimate of drug-likeness (QED) is 0.354. The molecule has 0 atom stereocenters. The highest BCUT2D eigenvalue weighted by atomic mass is 28.5. The summed E-state index contributed by atoms with van der Waals surface area (Å²) in [6.45, 7) is 0. The van der Waals surface area contributed by atoms with Gasteiger partial charge in [-0.05, 0) is 0 Å². The standard InChI is InChI=1S/C7H6F4Si2/c8-12(9)5-13(10,11)7-4-2-1-3-6(7)12/h1-4H,5H2. The molecular weight excluding hydrogens is 216 g/mol. The predicted octanol–water partition coefficient (Wildman–Crippen LogP) is 1.42. The van der Waals surface area contributed by atoms with Crippen molar-refractivity contribution in [3.63, 3.8) is 0 Å².